The summed E-state index contributed by atoms with van der Waals surface area (Å²) in [6, 6.07) is 2.11. The smallest absolute Gasteiger partial charge is 0.124 e. The maximum absolute atomic E-state index is 4.26. The van der Waals surface area contributed by atoms with Gasteiger partial charge in [-0.25, -0.2) is 0 Å². The highest BCUT2D eigenvalue weighted by atomic mass is 79.9. The Labute approximate surface area is 77.1 Å². The second kappa shape index (κ2) is 2.32. The van der Waals surface area contributed by atoms with Gasteiger partial charge in [-0.2, -0.15) is 4.37 Å². The zero-order chi connectivity index (χ0) is 8.01. The first-order chi connectivity index (χ1) is 5.20. The van der Waals surface area contributed by atoms with Gasteiger partial charge in [0, 0.05) is 12.4 Å². The molecular weight excluding hydrogens is 224 g/mol. The Kier molecular flexibility index (Phi) is 1.54. The second-order valence-corrected chi connectivity index (χ2v) is 4.08. The molecule has 0 fully saturated rings. The fourth-order valence-corrected chi connectivity index (χ4v) is 2.46. The van der Waals surface area contributed by atoms with Crippen LogP contribution in [0.4, 0.5) is 0 Å². The molecule has 0 bridgehead atoms. The lowest BCUT2D eigenvalue weighted by atomic mass is 10.3. The lowest BCUT2D eigenvalue weighted by molar-refractivity contribution is 0.949. The van der Waals surface area contributed by atoms with Gasteiger partial charge >= 0.3 is 0 Å². The third kappa shape index (κ3) is 0.929. The van der Waals surface area contributed by atoms with Crippen LogP contribution in [0.2, 0.25) is 0 Å². The number of rotatable bonds is 0. The molecule has 0 aliphatic carbocycles. The summed E-state index contributed by atoms with van der Waals surface area (Å²) in [5.74, 6) is 0. The van der Waals surface area contributed by atoms with Crippen molar-refractivity contribution in [2.24, 2.45) is 7.05 Å². The predicted molar refractivity (Wildman–Crippen MR) is 51.0 cm³/mol. The topological polar surface area (TPSA) is 17.8 Å². The quantitative estimate of drug-likeness (QED) is 0.681. The normalized spacial score (nSPS) is 11.2. The SMILES string of the molecule is Cc1nsc2c1cc(Br)n2C. The van der Waals surface area contributed by atoms with Crippen molar-refractivity contribution < 1.29 is 0 Å². The third-order valence-electron chi connectivity index (χ3n) is 1.78. The van der Waals surface area contributed by atoms with Crippen molar-refractivity contribution in [3.63, 3.8) is 0 Å². The van der Waals surface area contributed by atoms with Crippen LogP contribution in [-0.4, -0.2) is 8.94 Å². The molecule has 0 amide bonds. The van der Waals surface area contributed by atoms with Crippen molar-refractivity contribution in [2.45, 2.75) is 6.92 Å². The summed E-state index contributed by atoms with van der Waals surface area (Å²) >= 11 is 5.01. The second-order valence-electron chi connectivity index (χ2n) is 2.51. The monoisotopic (exact) mass is 230 g/mol. The van der Waals surface area contributed by atoms with Gasteiger partial charge in [0.2, 0.25) is 0 Å². The summed E-state index contributed by atoms with van der Waals surface area (Å²) in [5, 5.41) is 1.25. The molecule has 2 rings (SSSR count). The highest BCUT2D eigenvalue weighted by Crippen LogP contribution is 2.27. The van der Waals surface area contributed by atoms with Crippen molar-refractivity contribution in [3.05, 3.63) is 16.4 Å². The Morgan fingerprint density at radius 2 is 2.36 bits per heavy atom. The van der Waals surface area contributed by atoms with E-state index in [1.165, 1.54) is 10.2 Å². The molecule has 4 heteroatoms. The lowest BCUT2D eigenvalue weighted by Gasteiger charge is -1.90. The van der Waals surface area contributed by atoms with Crippen LogP contribution in [-0.2, 0) is 7.05 Å². The molecule has 2 nitrogen and oxygen atoms in total. The molecule has 0 aliphatic rings. The first-order valence-corrected chi connectivity index (χ1v) is 4.84. The Balaban J connectivity index is 2.93. The molecule has 0 radical (unpaired) electrons. The average molecular weight is 231 g/mol. The minimum atomic E-state index is 1.12. The van der Waals surface area contributed by atoms with Crippen LogP contribution in [0.15, 0.2) is 10.7 Å². The standard InChI is InChI=1S/C7H7BrN2S/c1-4-5-3-6(8)10(2)7(5)11-9-4/h3H,1-2H3. The number of halogens is 1. The maximum atomic E-state index is 4.26. The Morgan fingerprint density at radius 3 is 3.00 bits per heavy atom. The van der Waals surface area contributed by atoms with E-state index >= 15 is 0 Å². The summed E-state index contributed by atoms with van der Waals surface area (Å²) in [7, 11) is 2.03. The van der Waals surface area contributed by atoms with E-state index in [0.717, 1.165) is 10.3 Å². The van der Waals surface area contributed by atoms with Gasteiger partial charge in [-0.05, 0) is 40.5 Å². The highest BCUT2D eigenvalue weighted by Gasteiger charge is 2.07. The van der Waals surface area contributed by atoms with Gasteiger partial charge in [0.15, 0.2) is 0 Å². The lowest BCUT2D eigenvalue weighted by Crippen LogP contribution is -1.82. The zero-order valence-electron chi connectivity index (χ0n) is 6.26. The number of nitrogens with zero attached hydrogens (tertiary/aromatic N) is 2. The largest absolute Gasteiger partial charge is 0.329 e. The van der Waals surface area contributed by atoms with Crippen LogP contribution < -0.4 is 0 Å². The van der Waals surface area contributed by atoms with Gasteiger partial charge in [-0.15, -0.1) is 0 Å². The van der Waals surface area contributed by atoms with E-state index in [2.05, 4.69) is 30.9 Å². The van der Waals surface area contributed by atoms with Gasteiger partial charge in [0.05, 0.1) is 10.3 Å². The van der Waals surface area contributed by atoms with Crippen LogP contribution in [0.3, 0.4) is 0 Å². The first kappa shape index (κ1) is 7.31. The highest BCUT2D eigenvalue weighted by molar-refractivity contribution is 9.10. The molecule has 58 valence electrons. The summed E-state index contributed by atoms with van der Waals surface area (Å²) < 4.78 is 7.47. The van der Waals surface area contributed by atoms with E-state index in [4.69, 9.17) is 0 Å². The minimum Gasteiger partial charge on any atom is -0.329 e. The van der Waals surface area contributed by atoms with Crippen molar-refractivity contribution in [3.8, 4) is 0 Å². The van der Waals surface area contributed by atoms with Gasteiger partial charge < -0.3 is 4.57 Å². The predicted octanol–water partition coefficient (Wildman–Crippen LogP) is 2.71. The molecule has 0 aliphatic heterocycles. The van der Waals surface area contributed by atoms with Crippen molar-refractivity contribution in [1.82, 2.24) is 8.94 Å². The zero-order valence-corrected chi connectivity index (χ0v) is 8.66. The third-order valence-corrected chi connectivity index (χ3v) is 3.57. The fraction of sp³-hybridized carbons (Fsp3) is 0.286. The summed E-state index contributed by atoms with van der Waals surface area (Å²) in [5.41, 5.74) is 1.12. The van der Waals surface area contributed by atoms with Crippen molar-refractivity contribution in [2.75, 3.05) is 0 Å². The number of aryl methyl sites for hydroxylation is 2. The molecule has 2 aromatic rings. The van der Waals surface area contributed by atoms with Gasteiger partial charge in [0.25, 0.3) is 0 Å². The summed E-state index contributed by atoms with van der Waals surface area (Å²) in [6.45, 7) is 2.03. The molecule has 11 heavy (non-hydrogen) atoms. The van der Waals surface area contributed by atoms with E-state index < -0.39 is 0 Å². The van der Waals surface area contributed by atoms with E-state index in [9.17, 15) is 0 Å². The molecule has 2 heterocycles. The molecule has 0 aromatic carbocycles. The van der Waals surface area contributed by atoms with Crippen LogP contribution in [0.5, 0.6) is 0 Å². The molecule has 0 saturated carbocycles. The van der Waals surface area contributed by atoms with Crippen LogP contribution in [0.1, 0.15) is 5.69 Å². The van der Waals surface area contributed by atoms with Crippen LogP contribution in [0.25, 0.3) is 10.2 Å². The van der Waals surface area contributed by atoms with Gasteiger partial charge in [-0.1, -0.05) is 0 Å². The summed E-state index contributed by atoms with van der Waals surface area (Å²) in [4.78, 5) is 1.23. The number of hydrogen-bond donors (Lipinski definition) is 0. The van der Waals surface area contributed by atoms with E-state index in [-0.39, 0.29) is 0 Å². The number of aromatic nitrogens is 2. The molecule has 0 N–H and O–H groups in total. The molecule has 0 saturated heterocycles. The molecule has 0 spiro atoms. The van der Waals surface area contributed by atoms with E-state index in [1.807, 2.05) is 14.0 Å². The Hall–Kier alpha value is -0.350. The van der Waals surface area contributed by atoms with Gasteiger partial charge in [0.1, 0.15) is 4.83 Å². The molecule has 2 aromatic heterocycles. The molecular formula is C7H7BrN2S. The van der Waals surface area contributed by atoms with E-state index in [0.29, 0.717) is 0 Å². The van der Waals surface area contributed by atoms with Crippen LogP contribution in [0, 0.1) is 6.92 Å². The fourth-order valence-electron chi connectivity index (χ4n) is 1.09. The maximum Gasteiger partial charge on any atom is 0.124 e. The van der Waals surface area contributed by atoms with E-state index in [1.54, 1.807) is 11.5 Å². The van der Waals surface area contributed by atoms with Crippen molar-refractivity contribution in [1.29, 1.82) is 0 Å². The van der Waals surface area contributed by atoms with Gasteiger partial charge in [-0.3, -0.25) is 0 Å². The Bertz CT molecular complexity index is 402. The first-order valence-electron chi connectivity index (χ1n) is 3.27. The average Bonchev–Trinajstić information content (AvgIpc) is 2.43. The van der Waals surface area contributed by atoms with Crippen LogP contribution >= 0.6 is 27.5 Å². The summed E-state index contributed by atoms with van der Waals surface area (Å²) in [6.07, 6.45) is 0. The van der Waals surface area contributed by atoms with Crippen molar-refractivity contribution >= 4 is 37.7 Å². The molecule has 0 atom stereocenters. The number of fused-ring (bicyclic) bond motifs is 1. The minimum absolute atomic E-state index is 1.12. The molecule has 0 unspecified atom stereocenters. The number of hydrogen-bond acceptors (Lipinski definition) is 2. The Morgan fingerprint density at radius 1 is 1.64 bits per heavy atom.